The average Bonchev–Trinajstić information content (AvgIpc) is 3.23. The highest BCUT2D eigenvalue weighted by Crippen LogP contribution is 2.28. The van der Waals surface area contributed by atoms with E-state index in [1.54, 1.807) is 6.20 Å². The molecule has 0 aliphatic carbocycles. The first-order chi connectivity index (χ1) is 15.5. The molecule has 1 fully saturated rings. The quantitative estimate of drug-likeness (QED) is 0.545. The van der Waals surface area contributed by atoms with Gasteiger partial charge in [-0.15, -0.1) is 0 Å². The van der Waals surface area contributed by atoms with Crippen LogP contribution in [0.1, 0.15) is 48.7 Å². The minimum absolute atomic E-state index is 0.0677. The molecule has 1 N–H and O–H groups in total. The van der Waals surface area contributed by atoms with Gasteiger partial charge in [0.1, 0.15) is 0 Å². The molecule has 0 unspecified atom stereocenters. The number of aryl methyl sites for hydroxylation is 1. The van der Waals surface area contributed by atoms with Crippen molar-refractivity contribution in [3.8, 4) is 11.3 Å². The van der Waals surface area contributed by atoms with Crippen LogP contribution in [-0.2, 0) is 4.74 Å². The molecule has 4 rings (SSSR count). The number of fused-ring (bicyclic) bond motifs is 1. The zero-order valence-electron chi connectivity index (χ0n) is 19.3. The standard InChI is InChI=1S/C25H33N5O2/c1-18(2)30-24-22(17-27-30)21(16-23(28-24)20-9-5-4-8-19(20)3)25(31)26-10-6-7-11-29-12-14-32-15-13-29/h4-5,8-9,16-18H,6-7,10-15H2,1-3H3,(H,26,31). The Labute approximate surface area is 189 Å². The number of carbonyl (C=O) groups excluding carboxylic acids is 1. The number of pyridine rings is 1. The molecular formula is C25H33N5O2. The summed E-state index contributed by atoms with van der Waals surface area (Å²) in [6.07, 6.45) is 3.77. The minimum Gasteiger partial charge on any atom is -0.379 e. The van der Waals surface area contributed by atoms with Crippen molar-refractivity contribution in [2.24, 2.45) is 0 Å². The largest absolute Gasteiger partial charge is 0.379 e. The van der Waals surface area contributed by atoms with Crippen LogP contribution < -0.4 is 5.32 Å². The smallest absolute Gasteiger partial charge is 0.252 e. The number of aromatic nitrogens is 3. The van der Waals surface area contributed by atoms with E-state index in [2.05, 4.69) is 42.2 Å². The Morgan fingerprint density at radius 1 is 1.19 bits per heavy atom. The maximum Gasteiger partial charge on any atom is 0.252 e. The number of rotatable bonds is 8. The Hall–Kier alpha value is -2.77. The highest BCUT2D eigenvalue weighted by atomic mass is 16.5. The summed E-state index contributed by atoms with van der Waals surface area (Å²) in [5, 5.41) is 8.42. The SMILES string of the molecule is Cc1ccccc1-c1cc(C(=O)NCCCCN2CCOCC2)c2cnn(C(C)C)c2n1. The molecule has 0 saturated carbocycles. The van der Waals surface area contributed by atoms with Crippen LogP contribution in [-0.4, -0.2) is 65.0 Å². The summed E-state index contributed by atoms with van der Waals surface area (Å²) < 4.78 is 7.28. The lowest BCUT2D eigenvalue weighted by Crippen LogP contribution is -2.37. The van der Waals surface area contributed by atoms with Crippen LogP contribution in [0, 0.1) is 6.92 Å². The highest BCUT2D eigenvalue weighted by Gasteiger charge is 2.19. The highest BCUT2D eigenvalue weighted by molar-refractivity contribution is 6.06. The van der Waals surface area contributed by atoms with E-state index in [9.17, 15) is 4.79 Å². The van der Waals surface area contributed by atoms with E-state index in [4.69, 9.17) is 9.72 Å². The summed E-state index contributed by atoms with van der Waals surface area (Å²) in [5.74, 6) is -0.0677. The van der Waals surface area contributed by atoms with Crippen molar-refractivity contribution < 1.29 is 9.53 Å². The van der Waals surface area contributed by atoms with Gasteiger partial charge >= 0.3 is 0 Å². The second-order valence-electron chi connectivity index (χ2n) is 8.71. The van der Waals surface area contributed by atoms with Crippen LogP contribution in [0.5, 0.6) is 0 Å². The number of unbranched alkanes of at least 4 members (excludes halogenated alkanes) is 1. The number of nitrogens with zero attached hydrogens (tertiary/aromatic N) is 4. The van der Waals surface area contributed by atoms with Gasteiger partial charge in [0, 0.05) is 31.2 Å². The normalized spacial score (nSPS) is 14.9. The van der Waals surface area contributed by atoms with Gasteiger partial charge in [0.15, 0.2) is 5.65 Å². The van der Waals surface area contributed by atoms with Crippen molar-refractivity contribution in [1.29, 1.82) is 0 Å². The van der Waals surface area contributed by atoms with E-state index in [1.807, 2.05) is 28.9 Å². The Balaban J connectivity index is 1.51. The van der Waals surface area contributed by atoms with Gasteiger partial charge in [-0.3, -0.25) is 9.69 Å². The van der Waals surface area contributed by atoms with Gasteiger partial charge in [-0.1, -0.05) is 24.3 Å². The maximum absolute atomic E-state index is 13.2. The fourth-order valence-electron chi connectivity index (χ4n) is 4.16. The van der Waals surface area contributed by atoms with Crippen LogP contribution >= 0.6 is 0 Å². The molecule has 1 saturated heterocycles. The molecule has 170 valence electrons. The van der Waals surface area contributed by atoms with Gasteiger partial charge in [0.25, 0.3) is 5.91 Å². The number of amides is 1. The molecule has 0 bridgehead atoms. The van der Waals surface area contributed by atoms with E-state index in [-0.39, 0.29) is 11.9 Å². The molecule has 1 aliphatic rings. The summed E-state index contributed by atoms with van der Waals surface area (Å²) >= 11 is 0. The third kappa shape index (κ3) is 5.00. The molecule has 0 spiro atoms. The lowest BCUT2D eigenvalue weighted by Gasteiger charge is -2.26. The van der Waals surface area contributed by atoms with Crippen molar-refractivity contribution in [3.05, 3.63) is 47.7 Å². The van der Waals surface area contributed by atoms with Crippen molar-refractivity contribution in [3.63, 3.8) is 0 Å². The van der Waals surface area contributed by atoms with E-state index < -0.39 is 0 Å². The van der Waals surface area contributed by atoms with Crippen molar-refractivity contribution in [2.45, 2.75) is 39.7 Å². The second-order valence-corrected chi connectivity index (χ2v) is 8.71. The lowest BCUT2D eigenvalue weighted by atomic mass is 10.0. The van der Waals surface area contributed by atoms with E-state index >= 15 is 0 Å². The zero-order valence-corrected chi connectivity index (χ0v) is 19.3. The molecule has 1 aromatic carbocycles. The predicted molar refractivity (Wildman–Crippen MR) is 127 cm³/mol. The second kappa shape index (κ2) is 10.2. The molecule has 1 amide bonds. The number of nitrogens with one attached hydrogen (secondary N) is 1. The molecule has 0 radical (unpaired) electrons. The zero-order chi connectivity index (χ0) is 22.5. The first kappa shape index (κ1) is 22.4. The fourth-order valence-corrected chi connectivity index (χ4v) is 4.16. The summed E-state index contributed by atoms with van der Waals surface area (Å²) in [5.41, 5.74) is 4.34. The molecule has 32 heavy (non-hydrogen) atoms. The van der Waals surface area contributed by atoms with Gasteiger partial charge in [-0.2, -0.15) is 5.10 Å². The van der Waals surface area contributed by atoms with Crippen LogP contribution in [0.3, 0.4) is 0 Å². The Bertz CT molecular complexity index is 1070. The summed E-state index contributed by atoms with van der Waals surface area (Å²) in [4.78, 5) is 20.5. The van der Waals surface area contributed by atoms with Crippen molar-refractivity contribution in [2.75, 3.05) is 39.4 Å². The van der Waals surface area contributed by atoms with Crippen LogP contribution in [0.4, 0.5) is 0 Å². The van der Waals surface area contributed by atoms with Gasteiger partial charge < -0.3 is 10.1 Å². The van der Waals surface area contributed by atoms with E-state index in [1.165, 1.54) is 0 Å². The van der Waals surface area contributed by atoms with Gasteiger partial charge in [-0.05, 0) is 51.8 Å². The molecule has 1 aliphatic heterocycles. The Morgan fingerprint density at radius 2 is 1.97 bits per heavy atom. The average molecular weight is 436 g/mol. The summed E-state index contributed by atoms with van der Waals surface area (Å²) in [6, 6.07) is 10.2. The van der Waals surface area contributed by atoms with E-state index in [0.29, 0.717) is 12.1 Å². The Kier molecular flexibility index (Phi) is 7.17. The molecule has 3 aromatic rings. The molecule has 0 atom stereocenters. The molecule has 3 heterocycles. The van der Waals surface area contributed by atoms with Gasteiger partial charge in [0.05, 0.1) is 36.1 Å². The maximum atomic E-state index is 13.2. The molecular weight excluding hydrogens is 402 g/mol. The van der Waals surface area contributed by atoms with Gasteiger partial charge in [0.2, 0.25) is 0 Å². The van der Waals surface area contributed by atoms with Gasteiger partial charge in [-0.25, -0.2) is 9.67 Å². The third-order valence-electron chi connectivity index (χ3n) is 6.01. The number of ether oxygens (including phenoxy) is 1. The Morgan fingerprint density at radius 3 is 2.72 bits per heavy atom. The molecule has 7 nitrogen and oxygen atoms in total. The van der Waals surface area contributed by atoms with Crippen LogP contribution in [0.25, 0.3) is 22.3 Å². The topological polar surface area (TPSA) is 72.3 Å². The van der Waals surface area contributed by atoms with Crippen molar-refractivity contribution in [1.82, 2.24) is 25.0 Å². The summed E-state index contributed by atoms with van der Waals surface area (Å²) in [6.45, 7) is 11.6. The third-order valence-corrected chi connectivity index (χ3v) is 6.01. The number of hydrogen-bond acceptors (Lipinski definition) is 5. The first-order valence-electron chi connectivity index (χ1n) is 11.6. The number of benzene rings is 1. The van der Waals surface area contributed by atoms with Crippen LogP contribution in [0.15, 0.2) is 36.5 Å². The first-order valence-corrected chi connectivity index (χ1v) is 11.6. The monoisotopic (exact) mass is 435 g/mol. The minimum atomic E-state index is -0.0677. The predicted octanol–water partition coefficient (Wildman–Crippen LogP) is 3.83. The van der Waals surface area contributed by atoms with Crippen molar-refractivity contribution >= 4 is 16.9 Å². The van der Waals surface area contributed by atoms with Crippen LogP contribution in [0.2, 0.25) is 0 Å². The number of hydrogen-bond donors (Lipinski definition) is 1. The molecule has 2 aromatic heterocycles. The van der Waals surface area contributed by atoms with E-state index in [0.717, 1.165) is 73.5 Å². The number of morpholine rings is 1. The molecule has 7 heteroatoms. The lowest BCUT2D eigenvalue weighted by molar-refractivity contribution is 0.0372. The number of carbonyl (C=O) groups is 1. The fraction of sp³-hybridized carbons (Fsp3) is 0.480. The summed E-state index contributed by atoms with van der Waals surface area (Å²) in [7, 11) is 0.